The van der Waals surface area contributed by atoms with Gasteiger partial charge in [0.15, 0.2) is 11.5 Å². The number of rotatable bonds is 4. The molecule has 2 rings (SSSR count). The molecule has 0 aliphatic rings. The summed E-state index contributed by atoms with van der Waals surface area (Å²) in [6, 6.07) is 7.67. The van der Waals surface area contributed by atoms with E-state index in [0.717, 1.165) is 6.07 Å². The third-order valence-corrected chi connectivity index (χ3v) is 2.66. The lowest BCUT2D eigenvalue weighted by Crippen LogP contribution is -1.85. The number of phenolic OH excluding ortho intramolecular Hbond substituents is 3. The van der Waals surface area contributed by atoms with Crippen LogP contribution in [0.25, 0.3) is 0 Å². The molecule has 2 aromatic rings. The highest BCUT2D eigenvalue weighted by molar-refractivity contribution is 5.48. The van der Waals surface area contributed by atoms with Crippen molar-refractivity contribution in [1.82, 2.24) is 0 Å². The van der Waals surface area contributed by atoms with Crippen LogP contribution in [0.15, 0.2) is 46.6 Å². The van der Waals surface area contributed by atoms with Gasteiger partial charge in [-0.05, 0) is 18.2 Å². The number of hydrogen-bond acceptors (Lipinski definition) is 7. The van der Waals surface area contributed by atoms with Crippen LogP contribution in [0.4, 0.5) is 11.4 Å². The SMILES string of the molecule is O=[N+]([O-])c1ccc(N=NCc2cc(O)c(O)cc2O)cc1. The van der Waals surface area contributed by atoms with Crippen LogP contribution in [0.3, 0.4) is 0 Å². The van der Waals surface area contributed by atoms with E-state index in [-0.39, 0.29) is 29.3 Å². The van der Waals surface area contributed by atoms with Crippen molar-refractivity contribution in [3.8, 4) is 17.2 Å². The van der Waals surface area contributed by atoms with Crippen molar-refractivity contribution in [1.29, 1.82) is 0 Å². The number of nitrogens with zero attached hydrogens (tertiary/aromatic N) is 3. The quantitative estimate of drug-likeness (QED) is 0.262. The van der Waals surface area contributed by atoms with Crippen LogP contribution < -0.4 is 0 Å². The summed E-state index contributed by atoms with van der Waals surface area (Å²) in [6.07, 6.45) is 0. The van der Waals surface area contributed by atoms with Crippen molar-refractivity contribution in [2.24, 2.45) is 10.2 Å². The molecule has 0 unspecified atom stereocenters. The van der Waals surface area contributed by atoms with E-state index in [1.54, 1.807) is 0 Å². The predicted octanol–water partition coefficient (Wildman–Crippen LogP) is 3.00. The Morgan fingerprint density at radius 2 is 1.62 bits per heavy atom. The molecule has 108 valence electrons. The minimum atomic E-state index is -0.516. The van der Waals surface area contributed by atoms with E-state index in [1.807, 2.05) is 0 Å². The number of azo groups is 1. The van der Waals surface area contributed by atoms with Gasteiger partial charge in [-0.2, -0.15) is 10.2 Å². The normalized spacial score (nSPS) is 10.9. The van der Waals surface area contributed by atoms with E-state index >= 15 is 0 Å². The van der Waals surface area contributed by atoms with Gasteiger partial charge in [0.1, 0.15) is 5.75 Å². The highest BCUT2D eigenvalue weighted by Gasteiger charge is 2.07. The minimum Gasteiger partial charge on any atom is -0.507 e. The molecule has 0 heterocycles. The van der Waals surface area contributed by atoms with Crippen LogP contribution in [0.2, 0.25) is 0 Å². The number of non-ortho nitro benzene ring substituents is 1. The summed E-state index contributed by atoms with van der Waals surface area (Å²) in [5, 5.41) is 46.2. The average Bonchev–Trinajstić information content (AvgIpc) is 2.45. The Labute approximate surface area is 118 Å². The van der Waals surface area contributed by atoms with Crippen molar-refractivity contribution in [3.63, 3.8) is 0 Å². The lowest BCUT2D eigenvalue weighted by molar-refractivity contribution is -0.384. The molecule has 21 heavy (non-hydrogen) atoms. The van der Waals surface area contributed by atoms with Gasteiger partial charge < -0.3 is 15.3 Å². The standard InChI is InChI=1S/C13H11N3O5/c17-11-6-13(19)12(18)5-8(11)7-14-15-9-1-3-10(4-2-9)16(20)21/h1-6,17-19H,7H2. The molecule has 0 fully saturated rings. The molecule has 0 aromatic heterocycles. The second-order valence-corrected chi connectivity index (χ2v) is 4.14. The maximum absolute atomic E-state index is 10.5. The topological polar surface area (TPSA) is 129 Å². The second kappa shape index (κ2) is 5.87. The minimum absolute atomic E-state index is 0.0172. The Bertz CT molecular complexity index is 698. The van der Waals surface area contributed by atoms with Crippen LogP contribution in [-0.4, -0.2) is 20.2 Å². The van der Waals surface area contributed by atoms with Gasteiger partial charge in [-0.25, -0.2) is 0 Å². The lowest BCUT2D eigenvalue weighted by atomic mass is 10.2. The van der Waals surface area contributed by atoms with Gasteiger partial charge in [0, 0.05) is 23.8 Å². The molecule has 0 atom stereocenters. The van der Waals surface area contributed by atoms with E-state index < -0.39 is 10.7 Å². The Kier molecular flexibility index (Phi) is 3.98. The van der Waals surface area contributed by atoms with Gasteiger partial charge in [0.25, 0.3) is 5.69 Å². The summed E-state index contributed by atoms with van der Waals surface area (Å²) in [5.74, 6) is -1.01. The molecule has 3 N–H and O–H groups in total. The predicted molar refractivity (Wildman–Crippen MR) is 72.8 cm³/mol. The van der Waals surface area contributed by atoms with E-state index in [4.69, 9.17) is 0 Å². The third kappa shape index (κ3) is 3.44. The Hall–Kier alpha value is -3.16. The van der Waals surface area contributed by atoms with Crippen LogP contribution in [-0.2, 0) is 6.54 Å². The molecule has 0 aliphatic carbocycles. The van der Waals surface area contributed by atoms with Gasteiger partial charge in [-0.15, -0.1) is 0 Å². The summed E-state index contributed by atoms with van der Waals surface area (Å²) >= 11 is 0. The second-order valence-electron chi connectivity index (χ2n) is 4.14. The van der Waals surface area contributed by atoms with Crippen LogP contribution in [0.5, 0.6) is 17.2 Å². The van der Waals surface area contributed by atoms with Gasteiger partial charge in [-0.1, -0.05) is 0 Å². The molecule has 0 spiro atoms. The number of hydrogen-bond donors (Lipinski definition) is 3. The largest absolute Gasteiger partial charge is 0.507 e. The van der Waals surface area contributed by atoms with Gasteiger partial charge in [0.2, 0.25) is 0 Å². The molecular formula is C13H11N3O5. The number of nitro benzene ring substituents is 1. The maximum Gasteiger partial charge on any atom is 0.269 e. The fraction of sp³-hybridized carbons (Fsp3) is 0.0769. The molecule has 8 heteroatoms. The number of aromatic hydroxyl groups is 3. The van der Waals surface area contributed by atoms with Gasteiger partial charge >= 0.3 is 0 Å². The van der Waals surface area contributed by atoms with Crippen molar-refractivity contribution in [2.45, 2.75) is 6.54 Å². The first kappa shape index (κ1) is 14.3. The molecule has 2 aromatic carbocycles. The van der Waals surface area contributed by atoms with Crippen LogP contribution >= 0.6 is 0 Å². The van der Waals surface area contributed by atoms with Crippen LogP contribution in [0, 0.1) is 10.1 Å². The highest BCUT2D eigenvalue weighted by atomic mass is 16.6. The Morgan fingerprint density at radius 1 is 1.00 bits per heavy atom. The summed E-state index contributed by atoms with van der Waals surface area (Å²) in [7, 11) is 0. The molecule has 0 saturated carbocycles. The Morgan fingerprint density at radius 3 is 2.24 bits per heavy atom. The first-order valence-corrected chi connectivity index (χ1v) is 5.83. The maximum atomic E-state index is 10.5. The van der Waals surface area contributed by atoms with Crippen molar-refractivity contribution < 1.29 is 20.2 Å². The zero-order chi connectivity index (χ0) is 15.4. The van der Waals surface area contributed by atoms with Gasteiger partial charge in [-0.3, -0.25) is 10.1 Å². The van der Waals surface area contributed by atoms with Crippen molar-refractivity contribution in [2.75, 3.05) is 0 Å². The molecular weight excluding hydrogens is 278 g/mol. The molecule has 8 nitrogen and oxygen atoms in total. The average molecular weight is 289 g/mol. The smallest absolute Gasteiger partial charge is 0.269 e. The number of phenols is 3. The lowest BCUT2D eigenvalue weighted by Gasteiger charge is -2.03. The zero-order valence-corrected chi connectivity index (χ0v) is 10.7. The molecule has 0 aliphatic heterocycles. The highest BCUT2D eigenvalue weighted by Crippen LogP contribution is 2.32. The van der Waals surface area contributed by atoms with Crippen LogP contribution in [0.1, 0.15) is 5.56 Å². The fourth-order valence-corrected chi connectivity index (χ4v) is 1.57. The molecule has 0 amide bonds. The van der Waals surface area contributed by atoms with Gasteiger partial charge in [0.05, 0.1) is 17.2 Å². The number of nitro groups is 1. The summed E-state index contributed by atoms with van der Waals surface area (Å²) < 4.78 is 0. The van der Waals surface area contributed by atoms with E-state index in [2.05, 4.69) is 10.2 Å². The first-order valence-electron chi connectivity index (χ1n) is 5.83. The van der Waals surface area contributed by atoms with E-state index in [9.17, 15) is 25.4 Å². The fourth-order valence-electron chi connectivity index (χ4n) is 1.57. The number of benzene rings is 2. The molecule has 0 bridgehead atoms. The first-order chi connectivity index (χ1) is 9.97. The van der Waals surface area contributed by atoms with Crippen molar-refractivity contribution >= 4 is 11.4 Å². The zero-order valence-electron chi connectivity index (χ0n) is 10.7. The third-order valence-electron chi connectivity index (χ3n) is 2.66. The molecule has 0 radical (unpaired) electrons. The summed E-state index contributed by atoms with van der Waals surface area (Å²) in [4.78, 5) is 9.97. The van der Waals surface area contributed by atoms with E-state index in [0.29, 0.717) is 5.69 Å². The monoisotopic (exact) mass is 289 g/mol. The van der Waals surface area contributed by atoms with E-state index in [1.165, 1.54) is 30.3 Å². The summed E-state index contributed by atoms with van der Waals surface area (Å²) in [6.45, 7) is -0.0172. The van der Waals surface area contributed by atoms with Crippen molar-refractivity contribution in [3.05, 3.63) is 52.1 Å². The molecule has 0 saturated heterocycles. The summed E-state index contributed by atoms with van der Waals surface area (Å²) in [5.41, 5.74) is 0.661. The Balaban J connectivity index is 2.09.